The molecule has 5 nitrogen and oxygen atoms in total. The van der Waals surface area contributed by atoms with Crippen LogP contribution in [0.5, 0.6) is 0 Å². The van der Waals surface area contributed by atoms with E-state index in [4.69, 9.17) is 4.52 Å². The maximum atomic E-state index is 12.3. The third-order valence-electron chi connectivity index (χ3n) is 3.01. The smallest absolute Gasteiger partial charge is 0.290 e. The van der Waals surface area contributed by atoms with E-state index >= 15 is 0 Å². The molecule has 0 saturated carbocycles. The van der Waals surface area contributed by atoms with Gasteiger partial charge in [0.2, 0.25) is 11.5 Å². The molecule has 0 atom stereocenters. The minimum atomic E-state index is -0.332. The molecule has 2 aromatic heterocycles. The number of amides is 1. The van der Waals surface area contributed by atoms with Crippen LogP contribution in [0, 0.1) is 0 Å². The van der Waals surface area contributed by atoms with E-state index in [2.05, 4.69) is 10.5 Å². The van der Waals surface area contributed by atoms with Crippen molar-refractivity contribution in [2.75, 3.05) is 0 Å². The number of benzene rings is 1. The maximum Gasteiger partial charge on any atom is 0.290 e. The first-order chi connectivity index (χ1) is 10.7. The average Bonchev–Trinajstić information content (AvgIpc) is 3.24. The molecular formula is C16H12N2O3S. The first-order valence-electron chi connectivity index (χ1n) is 6.61. The standard InChI is InChI=1S/C16H12N2O3S/c19-15(11-4-2-1-3-5-11)14-7-6-12(22-14)10-17-16(20)13-8-9-18-21-13/h1-9H,10H2,(H,17,20). The predicted octanol–water partition coefficient (Wildman–Crippen LogP) is 2.90. The number of rotatable bonds is 5. The third kappa shape index (κ3) is 3.12. The minimum Gasteiger partial charge on any atom is -0.351 e. The summed E-state index contributed by atoms with van der Waals surface area (Å²) in [5.74, 6) is -0.183. The summed E-state index contributed by atoms with van der Waals surface area (Å²) in [6.07, 6.45) is 1.41. The fraction of sp³-hybridized carbons (Fsp3) is 0.0625. The van der Waals surface area contributed by atoms with Gasteiger partial charge in [-0.3, -0.25) is 9.59 Å². The Morgan fingerprint density at radius 2 is 1.91 bits per heavy atom. The number of carbonyl (C=O) groups is 2. The Morgan fingerprint density at radius 1 is 1.09 bits per heavy atom. The fourth-order valence-electron chi connectivity index (χ4n) is 1.91. The zero-order chi connectivity index (χ0) is 15.4. The van der Waals surface area contributed by atoms with Crippen molar-refractivity contribution in [2.24, 2.45) is 0 Å². The van der Waals surface area contributed by atoms with Crippen LogP contribution >= 0.6 is 11.3 Å². The molecule has 0 aliphatic carbocycles. The third-order valence-corrected chi connectivity index (χ3v) is 4.09. The van der Waals surface area contributed by atoms with Crippen LogP contribution in [0.15, 0.2) is 59.3 Å². The van der Waals surface area contributed by atoms with Crippen LogP contribution in [-0.2, 0) is 6.54 Å². The van der Waals surface area contributed by atoms with E-state index in [1.807, 2.05) is 24.3 Å². The first-order valence-corrected chi connectivity index (χ1v) is 7.43. The Hall–Kier alpha value is -2.73. The molecule has 0 fully saturated rings. The number of nitrogens with one attached hydrogen (secondary N) is 1. The van der Waals surface area contributed by atoms with Crippen LogP contribution in [-0.4, -0.2) is 16.8 Å². The van der Waals surface area contributed by atoms with Gasteiger partial charge in [0.05, 0.1) is 17.6 Å². The van der Waals surface area contributed by atoms with Crippen LogP contribution in [0.2, 0.25) is 0 Å². The molecule has 6 heteroatoms. The minimum absolute atomic E-state index is 0.0154. The first kappa shape index (κ1) is 14.2. The van der Waals surface area contributed by atoms with Crippen LogP contribution in [0.3, 0.4) is 0 Å². The molecule has 1 aromatic carbocycles. The maximum absolute atomic E-state index is 12.3. The summed E-state index contributed by atoms with van der Waals surface area (Å²) in [4.78, 5) is 25.6. The zero-order valence-electron chi connectivity index (χ0n) is 11.5. The van der Waals surface area contributed by atoms with Gasteiger partial charge < -0.3 is 9.84 Å². The van der Waals surface area contributed by atoms with E-state index in [9.17, 15) is 9.59 Å². The number of hydrogen-bond donors (Lipinski definition) is 1. The molecule has 0 radical (unpaired) electrons. The van der Waals surface area contributed by atoms with Crippen molar-refractivity contribution >= 4 is 23.0 Å². The summed E-state index contributed by atoms with van der Waals surface area (Å²) in [5, 5.41) is 6.20. The summed E-state index contributed by atoms with van der Waals surface area (Å²) in [7, 11) is 0. The Bertz CT molecular complexity index is 779. The Balaban J connectivity index is 1.64. The van der Waals surface area contributed by atoms with E-state index in [0.717, 1.165) is 4.88 Å². The van der Waals surface area contributed by atoms with E-state index in [1.165, 1.54) is 23.6 Å². The summed E-state index contributed by atoms with van der Waals surface area (Å²) in [5.41, 5.74) is 0.654. The lowest BCUT2D eigenvalue weighted by Gasteiger charge is -2.00. The van der Waals surface area contributed by atoms with Gasteiger partial charge in [0.1, 0.15) is 0 Å². The molecular weight excluding hydrogens is 300 g/mol. The molecule has 0 aliphatic rings. The molecule has 0 bridgehead atoms. The Morgan fingerprint density at radius 3 is 2.64 bits per heavy atom. The molecule has 3 aromatic rings. The number of aromatic nitrogens is 1. The summed E-state index contributed by atoms with van der Waals surface area (Å²) < 4.78 is 4.77. The van der Waals surface area contributed by atoms with E-state index in [0.29, 0.717) is 17.0 Å². The van der Waals surface area contributed by atoms with Gasteiger partial charge in [-0.15, -0.1) is 11.3 Å². The van der Waals surface area contributed by atoms with Gasteiger partial charge in [-0.25, -0.2) is 0 Å². The van der Waals surface area contributed by atoms with Crippen molar-refractivity contribution in [3.8, 4) is 0 Å². The molecule has 0 spiro atoms. The highest BCUT2D eigenvalue weighted by molar-refractivity contribution is 7.14. The van der Waals surface area contributed by atoms with Gasteiger partial charge in [-0.1, -0.05) is 35.5 Å². The van der Waals surface area contributed by atoms with E-state index < -0.39 is 0 Å². The Kier molecular flexibility index (Phi) is 4.11. The van der Waals surface area contributed by atoms with Crippen molar-refractivity contribution in [2.45, 2.75) is 6.54 Å². The molecule has 1 amide bonds. The lowest BCUT2D eigenvalue weighted by molar-refractivity contribution is 0.0914. The molecule has 0 saturated heterocycles. The molecule has 2 heterocycles. The Labute approximate surface area is 130 Å². The van der Waals surface area contributed by atoms with Gasteiger partial charge in [0, 0.05) is 16.5 Å². The lowest BCUT2D eigenvalue weighted by atomic mass is 10.1. The molecule has 0 unspecified atom stereocenters. The second-order valence-electron chi connectivity index (χ2n) is 4.52. The SMILES string of the molecule is O=C(NCc1ccc(C(=O)c2ccccc2)s1)c1ccno1. The molecule has 1 N–H and O–H groups in total. The van der Waals surface area contributed by atoms with Crippen LogP contribution in [0.1, 0.15) is 30.7 Å². The fourth-order valence-corrected chi connectivity index (χ4v) is 2.82. The van der Waals surface area contributed by atoms with E-state index in [1.54, 1.807) is 18.2 Å². The van der Waals surface area contributed by atoms with Gasteiger partial charge in [0.15, 0.2) is 0 Å². The normalized spacial score (nSPS) is 10.4. The topological polar surface area (TPSA) is 72.2 Å². The van der Waals surface area contributed by atoms with Crippen LogP contribution in [0.4, 0.5) is 0 Å². The second kappa shape index (κ2) is 6.36. The average molecular weight is 312 g/mol. The molecule has 3 rings (SSSR count). The lowest BCUT2D eigenvalue weighted by Crippen LogP contribution is -2.21. The predicted molar refractivity (Wildman–Crippen MR) is 81.9 cm³/mol. The van der Waals surface area contributed by atoms with Crippen LogP contribution < -0.4 is 5.32 Å². The van der Waals surface area contributed by atoms with Crippen molar-refractivity contribution in [1.29, 1.82) is 0 Å². The summed E-state index contributed by atoms with van der Waals surface area (Å²) in [6.45, 7) is 0.340. The van der Waals surface area contributed by atoms with Gasteiger partial charge in [-0.2, -0.15) is 0 Å². The monoisotopic (exact) mass is 312 g/mol. The van der Waals surface area contributed by atoms with Crippen molar-refractivity contribution in [3.63, 3.8) is 0 Å². The molecule has 0 aliphatic heterocycles. The quantitative estimate of drug-likeness (QED) is 0.735. The number of ketones is 1. The number of hydrogen-bond acceptors (Lipinski definition) is 5. The van der Waals surface area contributed by atoms with E-state index in [-0.39, 0.29) is 17.5 Å². The highest BCUT2D eigenvalue weighted by Crippen LogP contribution is 2.20. The number of thiophene rings is 1. The number of nitrogens with zero attached hydrogens (tertiary/aromatic N) is 1. The summed E-state index contributed by atoms with van der Waals surface area (Å²) >= 11 is 1.36. The van der Waals surface area contributed by atoms with Crippen molar-refractivity contribution < 1.29 is 14.1 Å². The highest BCUT2D eigenvalue weighted by atomic mass is 32.1. The highest BCUT2D eigenvalue weighted by Gasteiger charge is 2.13. The van der Waals surface area contributed by atoms with Crippen molar-refractivity contribution in [3.05, 3.63) is 75.8 Å². The second-order valence-corrected chi connectivity index (χ2v) is 5.69. The van der Waals surface area contributed by atoms with Gasteiger partial charge in [-0.05, 0) is 12.1 Å². The molecule has 22 heavy (non-hydrogen) atoms. The van der Waals surface area contributed by atoms with Gasteiger partial charge >= 0.3 is 0 Å². The summed E-state index contributed by atoms with van der Waals surface area (Å²) in [6, 6.07) is 14.2. The largest absolute Gasteiger partial charge is 0.351 e. The van der Waals surface area contributed by atoms with Crippen molar-refractivity contribution in [1.82, 2.24) is 10.5 Å². The zero-order valence-corrected chi connectivity index (χ0v) is 12.3. The number of carbonyl (C=O) groups excluding carboxylic acids is 2. The van der Waals surface area contributed by atoms with Gasteiger partial charge in [0.25, 0.3) is 5.91 Å². The molecule has 110 valence electrons. The van der Waals surface area contributed by atoms with Crippen LogP contribution in [0.25, 0.3) is 0 Å².